The lowest BCUT2D eigenvalue weighted by Crippen LogP contribution is -2.42. The van der Waals surface area contributed by atoms with Crippen molar-refractivity contribution < 1.29 is 14.7 Å². The molecule has 0 spiro atoms. The maximum absolute atomic E-state index is 12.2. The summed E-state index contributed by atoms with van der Waals surface area (Å²) in [6.07, 6.45) is 4.82. The Kier molecular flexibility index (Phi) is 3.64. The Morgan fingerprint density at radius 3 is 2.84 bits per heavy atom. The fourth-order valence-corrected chi connectivity index (χ4v) is 2.73. The zero-order valence-corrected chi connectivity index (χ0v) is 11.3. The van der Waals surface area contributed by atoms with E-state index in [1.165, 1.54) is 4.57 Å². The number of nitrogens with one attached hydrogen (secondary N) is 1. The number of hydrogen-bond acceptors (Lipinski definition) is 2. The lowest BCUT2D eigenvalue weighted by Gasteiger charge is -2.27. The van der Waals surface area contributed by atoms with Crippen molar-refractivity contribution in [2.45, 2.75) is 45.7 Å². The molecule has 19 heavy (non-hydrogen) atoms. The van der Waals surface area contributed by atoms with Gasteiger partial charge in [-0.2, -0.15) is 0 Å². The maximum Gasteiger partial charge on any atom is 0.323 e. The Bertz CT molecular complexity index is 491. The number of aromatic nitrogens is 1. The van der Waals surface area contributed by atoms with E-state index in [1.54, 1.807) is 18.3 Å². The number of carbonyl (C=O) groups is 2. The topological polar surface area (TPSA) is 71.3 Å². The monoisotopic (exact) mass is 264 g/mol. The molecule has 1 atom stereocenters. The third kappa shape index (κ3) is 2.97. The first-order valence-electron chi connectivity index (χ1n) is 6.58. The molecular formula is C14H20N2O3. The summed E-state index contributed by atoms with van der Waals surface area (Å²) in [6, 6.07) is 3.51. The molecule has 2 rings (SSSR count). The van der Waals surface area contributed by atoms with Crippen LogP contribution in [0.3, 0.4) is 0 Å². The standard InChI is InChI=1S/C14H20N2O3/c1-14(2)7-3-6-11(14)15-13(19)10-5-4-8-16(10)9-12(17)18/h4-5,8,11H,3,6-7,9H2,1-2H3,(H,15,19)(H,17,18). The van der Waals surface area contributed by atoms with Crippen LogP contribution in [0.25, 0.3) is 0 Å². The molecule has 1 amide bonds. The van der Waals surface area contributed by atoms with E-state index in [2.05, 4.69) is 19.2 Å². The second-order valence-electron chi connectivity index (χ2n) is 5.82. The third-order valence-electron chi connectivity index (χ3n) is 3.93. The number of carboxylic acid groups (broad SMARTS) is 1. The number of amides is 1. The van der Waals surface area contributed by atoms with Gasteiger partial charge in [0.25, 0.3) is 5.91 Å². The first-order chi connectivity index (χ1) is 8.90. The predicted octanol–water partition coefficient (Wildman–Crippen LogP) is 1.88. The van der Waals surface area contributed by atoms with Crippen LogP contribution in [0.5, 0.6) is 0 Å². The first kappa shape index (κ1) is 13.6. The van der Waals surface area contributed by atoms with Crippen molar-refractivity contribution in [2.24, 2.45) is 5.41 Å². The third-order valence-corrected chi connectivity index (χ3v) is 3.93. The molecule has 1 aromatic heterocycles. The first-order valence-corrected chi connectivity index (χ1v) is 6.58. The van der Waals surface area contributed by atoms with Gasteiger partial charge in [0.2, 0.25) is 0 Å². The van der Waals surface area contributed by atoms with Crippen LogP contribution >= 0.6 is 0 Å². The average molecular weight is 264 g/mol. The molecule has 1 unspecified atom stereocenters. The minimum atomic E-state index is -0.952. The number of carboxylic acids is 1. The van der Waals surface area contributed by atoms with Crippen molar-refractivity contribution in [1.29, 1.82) is 0 Å². The molecule has 5 nitrogen and oxygen atoms in total. The van der Waals surface area contributed by atoms with Crippen LogP contribution in [0.1, 0.15) is 43.6 Å². The predicted molar refractivity (Wildman–Crippen MR) is 71.0 cm³/mol. The van der Waals surface area contributed by atoms with E-state index in [0.717, 1.165) is 19.3 Å². The zero-order chi connectivity index (χ0) is 14.0. The molecule has 1 aromatic rings. The van der Waals surface area contributed by atoms with Gasteiger partial charge >= 0.3 is 5.97 Å². The van der Waals surface area contributed by atoms with E-state index in [4.69, 9.17) is 5.11 Å². The van der Waals surface area contributed by atoms with Crippen molar-refractivity contribution in [2.75, 3.05) is 0 Å². The number of carbonyl (C=O) groups excluding carboxylic acids is 1. The van der Waals surface area contributed by atoms with Crippen LogP contribution in [-0.4, -0.2) is 27.6 Å². The van der Waals surface area contributed by atoms with Gasteiger partial charge in [-0.05, 0) is 30.4 Å². The zero-order valence-electron chi connectivity index (χ0n) is 11.3. The van der Waals surface area contributed by atoms with Gasteiger partial charge in [0.05, 0.1) is 0 Å². The van der Waals surface area contributed by atoms with Crippen LogP contribution in [-0.2, 0) is 11.3 Å². The van der Waals surface area contributed by atoms with Crippen LogP contribution in [0, 0.1) is 5.41 Å². The quantitative estimate of drug-likeness (QED) is 0.872. The number of nitrogens with zero attached hydrogens (tertiary/aromatic N) is 1. The summed E-state index contributed by atoms with van der Waals surface area (Å²) < 4.78 is 1.46. The molecule has 0 aliphatic heterocycles. The summed E-state index contributed by atoms with van der Waals surface area (Å²) in [5.74, 6) is -1.14. The summed E-state index contributed by atoms with van der Waals surface area (Å²) in [7, 11) is 0. The van der Waals surface area contributed by atoms with E-state index in [9.17, 15) is 9.59 Å². The Hall–Kier alpha value is -1.78. The highest BCUT2D eigenvalue weighted by atomic mass is 16.4. The molecule has 1 aliphatic carbocycles. The van der Waals surface area contributed by atoms with E-state index in [1.807, 2.05) is 0 Å². The molecule has 0 bridgehead atoms. The highest BCUT2D eigenvalue weighted by Crippen LogP contribution is 2.37. The molecule has 0 radical (unpaired) electrons. The number of aliphatic carboxylic acids is 1. The minimum Gasteiger partial charge on any atom is -0.480 e. The molecule has 1 fully saturated rings. The Balaban J connectivity index is 2.08. The lowest BCUT2D eigenvalue weighted by atomic mass is 9.87. The number of hydrogen-bond donors (Lipinski definition) is 2. The van der Waals surface area contributed by atoms with E-state index >= 15 is 0 Å². The van der Waals surface area contributed by atoms with Crippen molar-refractivity contribution in [3.63, 3.8) is 0 Å². The Labute approximate surface area is 112 Å². The van der Waals surface area contributed by atoms with Crippen molar-refractivity contribution in [1.82, 2.24) is 9.88 Å². The molecule has 0 saturated heterocycles. The van der Waals surface area contributed by atoms with Crippen LogP contribution < -0.4 is 5.32 Å². The molecule has 1 aliphatic rings. The second kappa shape index (κ2) is 5.07. The van der Waals surface area contributed by atoms with Gasteiger partial charge in [-0.3, -0.25) is 9.59 Å². The molecule has 104 valence electrons. The van der Waals surface area contributed by atoms with Gasteiger partial charge in [-0.25, -0.2) is 0 Å². The van der Waals surface area contributed by atoms with Crippen LogP contribution in [0.2, 0.25) is 0 Å². The summed E-state index contributed by atoms with van der Waals surface area (Å²) in [5, 5.41) is 11.8. The lowest BCUT2D eigenvalue weighted by molar-refractivity contribution is -0.137. The highest BCUT2D eigenvalue weighted by Gasteiger charge is 2.35. The van der Waals surface area contributed by atoms with Crippen molar-refractivity contribution in [3.05, 3.63) is 24.0 Å². The van der Waals surface area contributed by atoms with Crippen LogP contribution in [0.4, 0.5) is 0 Å². The highest BCUT2D eigenvalue weighted by molar-refractivity contribution is 5.93. The summed E-state index contributed by atoms with van der Waals surface area (Å²) in [6.45, 7) is 4.12. The molecule has 1 heterocycles. The molecule has 5 heteroatoms. The Morgan fingerprint density at radius 2 is 2.26 bits per heavy atom. The molecule has 1 saturated carbocycles. The second-order valence-corrected chi connectivity index (χ2v) is 5.82. The van der Waals surface area contributed by atoms with Gasteiger partial charge in [-0.15, -0.1) is 0 Å². The van der Waals surface area contributed by atoms with Crippen molar-refractivity contribution in [3.8, 4) is 0 Å². The minimum absolute atomic E-state index is 0.111. The maximum atomic E-state index is 12.2. The van der Waals surface area contributed by atoms with E-state index in [0.29, 0.717) is 5.69 Å². The fourth-order valence-electron chi connectivity index (χ4n) is 2.73. The summed E-state index contributed by atoms with van der Waals surface area (Å²) in [4.78, 5) is 23.0. The van der Waals surface area contributed by atoms with Gasteiger partial charge < -0.3 is 15.0 Å². The normalized spacial score (nSPS) is 21.3. The van der Waals surface area contributed by atoms with Crippen LogP contribution in [0.15, 0.2) is 18.3 Å². The Morgan fingerprint density at radius 1 is 1.53 bits per heavy atom. The van der Waals surface area contributed by atoms with Crippen molar-refractivity contribution >= 4 is 11.9 Å². The summed E-state index contributed by atoms with van der Waals surface area (Å²) >= 11 is 0. The molecule has 2 N–H and O–H groups in total. The molecular weight excluding hydrogens is 244 g/mol. The van der Waals surface area contributed by atoms with Gasteiger partial charge in [0.1, 0.15) is 12.2 Å². The average Bonchev–Trinajstić information content (AvgIpc) is 2.85. The van der Waals surface area contributed by atoms with Gasteiger partial charge in [0.15, 0.2) is 0 Å². The smallest absolute Gasteiger partial charge is 0.323 e. The molecule has 0 aromatic carbocycles. The summed E-state index contributed by atoms with van der Waals surface area (Å²) in [5.41, 5.74) is 0.518. The number of rotatable bonds is 4. The largest absolute Gasteiger partial charge is 0.480 e. The van der Waals surface area contributed by atoms with E-state index < -0.39 is 5.97 Å². The SMILES string of the molecule is CC1(C)CCCC1NC(=O)c1cccn1CC(=O)O. The van der Waals surface area contributed by atoms with Gasteiger partial charge in [-0.1, -0.05) is 20.3 Å². The van der Waals surface area contributed by atoms with E-state index in [-0.39, 0.29) is 23.9 Å². The fraction of sp³-hybridized carbons (Fsp3) is 0.571. The van der Waals surface area contributed by atoms with Gasteiger partial charge in [0, 0.05) is 12.2 Å².